The van der Waals surface area contributed by atoms with Gasteiger partial charge in [0.15, 0.2) is 0 Å². The Morgan fingerprint density at radius 3 is 1.74 bits per heavy atom. The molecule has 8 nitrogen and oxygen atoms in total. The number of carboxylic acids is 3. The first-order valence-corrected chi connectivity index (χ1v) is 5.82. The van der Waals surface area contributed by atoms with E-state index in [1.807, 2.05) is 13.8 Å². The van der Waals surface area contributed by atoms with Crippen LogP contribution in [-0.4, -0.2) is 45.3 Å². The molecule has 0 saturated heterocycles. The lowest BCUT2D eigenvalue weighted by Crippen LogP contribution is -2.36. The average Bonchev–Trinajstić information content (AvgIpc) is 2.34. The Morgan fingerprint density at radius 1 is 1.05 bits per heavy atom. The molecule has 0 aliphatic heterocycles. The van der Waals surface area contributed by atoms with E-state index in [4.69, 9.17) is 26.8 Å². The molecule has 0 aromatic carbocycles. The zero-order valence-corrected chi connectivity index (χ0v) is 11.1. The van der Waals surface area contributed by atoms with Crippen LogP contribution in [0.3, 0.4) is 0 Å². The largest absolute Gasteiger partial charge is 0.481 e. The predicted molar refractivity (Wildman–Crippen MR) is 67.5 cm³/mol. The van der Waals surface area contributed by atoms with Gasteiger partial charge in [0.25, 0.3) is 0 Å². The maximum Gasteiger partial charge on any atom is 0.320 e. The number of carbonyl (C=O) groups is 3. The fourth-order valence-corrected chi connectivity index (χ4v) is 0.900. The molecule has 3 atom stereocenters. The van der Waals surface area contributed by atoms with E-state index in [9.17, 15) is 14.4 Å². The Labute approximate surface area is 111 Å². The molecule has 7 N–H and O–H groups in total. The van der Waals surface area contributed by atoms with Crippen molar-refractivity contribution in [3.05, 3.63) is 0 Å². The highest BCUT2D eigenvalue weighted by Crippen LogP contribution is 2.04. The minimum absolute atomic E-state index is 0.0231. The van der Waals surface area contributed by atoms with Gasteiger partial charge >= 0.3 is 17.9 Å². The fraction of sp³-hybridized carbons (Fsp3) is 0.727. The van der Waals surface area contributed by atoms with E-state index in [-0.39, 0.29) is 18.8 Å². The van der Waals surface area contributed by atoms with Crippen molar-refractivity contribution in [3.63, 3.8) is 0 Å². The summed E-state index contributed by atoms with van der Waals surface area (Å²) < 4.78 is 0. The molecule has 0 bridgehead atoms. The van der Waals surface area contributed by atoms with Gasteiger partial charge in [-0.3, -0.25) is 14.4 Å². The molecule has 0 saturated carbocycles. The van der Waals surface area contributed by atoms with Gasteiger partial charge in [0.05, 0.1) is 0 Å². The number of nitrogens with two attached hydrogens (primary N) is 2. The summed E-state index contributed by atoms with van der Waals surface area (Å²) >= 11 is 0. The van der Waals surface area contributed by atoms with Crippen LogP contribution in [0.25, 0.3) is 0 Å². The number of hydrogen-bond acceptors (Lipinski definition) is 5. The monoisotopic (exact) mass is 278 g/mol. The average molecular weight is 278 g/mol. The van der Waals surface area contributed by atoms with Gasteiger partial charge in [-0.05, 0) is 12.3 Å². The smallest absolute Gasteiger partial charge is 0.320 e. The molecule has 0 aliphatic rings. The van der Waals surface area contributed by atoms with Crippen molar-refractivity contribution in [2.75, 3.05) is 0 Å². The predicted octanol–water partition coefficient (Wildman–Crippen LogP) is -0.292. The van der Waals surface area contributed by atoms with Crippen LogP contribution in [0.1, 0.15) is 33.1 Å². The van der Waals surface area contributed by atoms with Crippen molar-refractivity contribution in [1.82, 2.24) is 0 Å². The molecular weight excluding hydrogens is 256 g/mol. The first-order valence-electron chi connectivity index (χ1n) is 5.82. The first kappa shape index (κ1) is 19.7. The Kier molecular flexibility index (Phi) is 10.6. The molecule has 0 radical (unpaired) electrons. The third kappa shape index (κ3) is 11.2. The Morgan fingerprint density at radius 2 is 1.53 bits per heavy atom. The fourth-order valence-electron chi connectivity index (χ4n) is 0.900. The number of carboxylic acid groups (broad SMARTS) is 3. The van der Waals surface area contributed by atoms with Gasteiger partial charge in [-0.15, -0.1) is 0 Å². The second-order valence-electron chi connectivity index (χ2n) is 4.13. The number of hydrogen-bond donors (Lipinski definition) is 5. The van der Waals surface area contributed by atoms with Crippen LogP contribution in [0.15, 0.2) is 0 Å². The lowest BCUT2D eigenvalue weighted by atomic mass is 10.0. The van der Waals surface area contributed by atoms with E-state index in [0.29, 0.717) is 0 Å². The standard InChI is InChI=1S/C6H13NO2.C5H9NO4/c1-3-4(2)5(7)6(8)9;6-3(5(9)10)1-2-4(7)8/h4-5H,3,7H2,1-2H3,(H,8,9);3H,1-2,6H2,(H,7,8)(H,9,10)/t4-,5-;3-/m00/s1. The van der Waals surface area contributed by atoms with Crippen molar-refractivity contribution in [2.24, 2.45) is 17.4 Å². The molecular formula is C11H22N2O6. The van der Waals surface area contributed by atoms with Crippen LogP contribution in [0.4, 0.5) is 0 Å². The molecule has 0 aliphatic carbocycles. The summed E-state index contributed by atoms with van der Waals surface area (Å²) in [6.45, 7) is 3.76. The Bertz CT molecular complexity index is 308. The molecule has 0 amide bonds. The Hall–Kier alpha value is -1.67. The maximum absolute atomic E-state index is 10.2. The highest BCUT2D eigenvalue weighted by Gasteiger charge is 2.17. The van der Waals surface area contributed by atoms with Crippen molar-refractivity contribution >= 4 is 17.9 Å². The van der Waals surface area contributed by atoms with Crippen molar-refractivity contribution in [2.45, 2.75) is 45.2 Å². The molecule has 19 heavy (non-hydrogen) atoms. The first-order chi connectivity index (χ1) is 8.63. The molecule has 0 unspecified atom stereocenters. The van der Waals surface area contributed by atoms with E-state index >= 15 is 0 Å². The second-order valence-corrected chi connectivity index (χ2v) is 4.13. The Balaban J connectivity index is 0. The van der Waals surface area contributed by atoms with Crippen LogP contribution >= 0.6 is 0 Å². The lowest BCUT2D eigenvalue weighted by Gasteiger charge is -2.11. The third-order valence-electron chi connectivity index (χ3n) is 2.53. The summed E-state index contributed by atoms with van der Waals surface area (Å²) in [5.74, 6) is -3.04. The number of rotatable bonds is 7. The van der Waals surface area contributed by atoms with E-state index in [1.165, 1.54) is 0 Å². The van der Waals surface area contributed by atoms with E-state index < -0.39 is 30.0 Å². The van der Waals surface area contributed by atoms with Crippen LogP contribution in [0.5, 0.6) is 0 Å². The van der Waals surface area contributed by atoms with Gasteiger partial charge in [0.2, 0.25) is 0 Å². The number of aliphatic carboxylic acids is 3. The van der Waals surface area contributed by atoms with Gasteiger partial charge in [-0.2, -0.15) is 0 Å². The van der Waals surface area contributed by atoms with Gasteiger partial charge in [-0.25, -0.2) is 0 Å². The van der Waals surface area contributed by atoms with E-state index in [2.05, 4.69) is 0 Å². The summed E-state index contributed by atoms with van der Waals surface area (Å²) in [5.41, 5.74) is 10.3. The molecule has 0 fully saturated rings. The molecule has 0 spiro atoms. The summed E-state index contributed by atoms with van der Waals surface area (Å²) in [7, 11) is 0. The minimum Gasteiger partial charge on any atom is -0.481 e. The van der Waals surface area contributed by atoms with Gasteiger partial charge in [0, 0.05) is 6.42 Å². The molecule has 0 aromatic heterocycles. The van der Waals surface area contributed by atoms with Crippen molar-refractivity contribution in [1.29, 1.82) is 0 Å². The molecule has 112 valence electrons. The lowest BCUT2D eigenvalue weighted by molar-refractivity contribution is -0.141. The normalized spacial score (nSPS) is 14.5. The van der Waals surface area contributed by atoms with Gasteiger partial charge in [-0.1, -0.05) is 20.3 Å². The van der Waals surface area contributed by atoms with E-state index in [0.717, 1.165) is 6.42 Å². The van der Waals surface area contributed by atoms with E-state index in [1.54, 1.807) is 0 Å². The topological polar surface area (TPSA) is 164 Å². The van der Waals surface area contributed by atoms with Crippen molar-refractivity contribution in [3.8, 4) is 0 Å². The molecule has 0 aromatic rings. The highest BCUT2D eigenvalue weighted by molar-refractivity contribution is 5.74. The van der Waals surface area contributed by atoms with Gasteiger partial charge < -0.3 is 26.8 Å². The summed E-state index contributed by atoms with van der Waals surface area (Å²) in [4.78, 5) is 30.0. The summed E-state index contributed by atoms with van der Waals surface area (Å²) in [6, 6.07) is -1.76. The summed E-state index contributed by atoms with van der Waals surface area (Å²) in [5, 5.41) is 24.6. The minimum atomic E-state index is -1.17. The maximum atomic E-state index is 10.2. The van der Waals surface area contributed by atoms with Crippen LogP contribution in [0, 0.1) is 5.92 Å². The second kappa shape index (κ2) is 10.3. The quantitative estimate of drug-likeness (QED) is 0.423. The van der Waals surface area contributed by atoms with Crippen molar-refractivity contribution < 1.29 is 29.7 Å². The van der Waals surface area contributed by atoms with Crippen LogP contribution in [-0.2, 0) is 14.4 Å². The third-order valence-corrected chi connectivity index (χ3v) is 2.53. The summed E-state index contributed by atoms with van der Waals surface area (Å²) in [6.07, 6.45) is 0.589. The zero-order valence-electron chi connectivity index (χ0n) is 11.1. The zero-order chi connectivity index (χ0) is 15.6. The molecule has 8 heteroatoms. The molecule has 0 heterocycles. The van der Waals surface area contributed by atoms with Gasteiger partial charge in [0.1, 0.15) is 12.1 Å². The molecule has 0 rings (SSSR count). The van der Waals surface area contributed by atoms with Crippen LogP contribution in [0.2, 0.25) is 0 Å². The SMILES string of the molecule is CC[C@H](C)[C@H](N)C(=O)O.N[C@@H](CCC(=O)O)C(=O)O. The highest BCUT2D eigenvalue weighted by atomic mass is 16.4. The van der Waals surface area contributed by atoms with Crippen LogP contribution < -0.4 is 11.5 Å².